The molecular weight excluding hydrogens is 274 g/mol. The molecule has 3 unspecified atom stereocenters. The van der Waals surface area contributed by atoms with Gasteiger partial charge in [0.15, 0.2) is 0 Å². The third-order valence-corrected chi connectivity index (χ3v) is 5.69. The van der Waals surface area contributed by atoms with E-state index >= 15 is 0 Å². The van der Waals surface area contributed by atoms with Gasteiger partial charge in [-0.25, -0.2) is 0 Å². The number of carboxylic acid groups (broad SMARTS) is 1. The molecule has 2 aliphatic rings. The minimum atomic E-state index is -0.757. The Morgan fingerprint density at radius 2 is 2.10 bits per heavy atom. The fourth-order valence-electron chi connectivity index (χ4n) is 3.48. The van der Waals surface area contributed by atoms with Crippen LogP contribution in [0.5, 0.6) is 0 Å². The van der Waals surface area contributed by atoms with Gasteiger partial charge in [0.25, 0.3) is 0 Å². The molecule has 1 aliphatic carbocycles. The lowest BCUT2D eigenvalue weighted by molar-refractivity contribution is -0.142. The van der Waals surface area contributed by atoms with Crippen molar-refractivity contribution in [1.29, 1.82) is 0 Å². The van der Waals surface area contributed by atoms with Crippen LogP contribution in [0.25, 0.3) is 0 Å². The standard InChI is InChI=1S/C15H19NO3S/c1-9-12-5-7-20-13(12)4-6-16(9)14(17)10-2-3-11(8-10)15(18)19/h5,7,9-11H,2-4,6,8H2,1H3,(H,18,19). The first-order valence-corrected chi connectivity index (χ1v) is 8.05. The van der Waals surface area contributed by atoms with E-state index in [4.69, 9.17) is 5.11 Å². The first-order valence-electron chi connectivity index (χ1n) is 7.17. The van der Waals surface area contributed by atoms with Gasteiger partial charge in [0, 0.05) is 17.3 Å². The predicted molar refractivity (Wildman–Crippen MR) is 76.6 cm³/mol. The van der Waals surface area contributed by atoms with Crippen molar-refractivity contribution in [3.8, 4) is 0 Å². The molecule has 20 heavy (non-hydrogen) atoms. The number of hydrogen-bond donors (Lipinski definition) is 1. The fraction of sp³-hybridized carbons (Fsp3) is 0.600. The molecule has 1 aromatic rings. The molecule has 1 aliphatic heterocycles. The number of carboxylic acids is 1. The molecule has 3 atom stereocenters. The zero-order valence-electron chi connectivity index (χ0n) is 11.5. The van der Waals surface area contributed by atoms with Crippen LogP contribution in [-0.4, -0.2) is 28.4 Å². The van der Waals surface area contributed by atoms with E-state index in [1.165, 1.54) is 10.4 Å². The van der Waals surface area contributed by atoms with Gasteiger partial charge in [-0.2, -0.15) is 0 Å². The van der Waals surface area contributed by atoms with Crippen LogP contribution >= 0.6 is 11.3 Å². The normalized spacial score (nSPS) is 29.2. The zero-order valence-corrected chi connectivity index (χ0v) is 12.4. The third-order valence-electron chi connectivity index (χ3n) is 4.69. The number of carbonyl (C=O) groups excluding carboxylic acids is 1. The summed E-state index contributed by atoms with van der Waals surface area (Å²) < 4.78 is 0. The number of fused-ring (bicyclic) bond motifs is 1. The second-order valence-corrected chi connectivity index (χ2v) is 6.80. The van der Waals surface area contributed by atoms with Crippen LogP contribution in [0.1, 0.15) is 42.7 Å². The van der Waals surface area contributed by atoms with Crippen LogP contribution in [0.4, 0.5) is 0 Å². The molecule has 108 valence electrons. The summed E-state index contributed by atoms with van der Waals surface area (Å²) in [5.41, 5.74) is 1.27. The van der Waals surface area contributed by atoms with E-state index in [0.717, 1.165) is 19.4 Å². The average molecular weight is 293 g/mol. The number of amides is 1. The number of nitrogens with zero attached hydrogens (tertiary/aromatic N) is 1. The second-order valence-electron chi connectivity index (χ2n) is 5.80. The highest BCUT2D eigenvalue weighted by Crippen LogP contribution is 2.37. The van der Waals surface area contributed by atoms with Gasteiger partial charge in [0.2, 0.25) is 5.91 Å². The lowest BCUT2D eigenvalue weighted by atomic mass is 9.97. The van der Waals surface area contributed by atoms with Crippen molar-refractivity contribution in [2.45, 2.75) is 38.6 Å². The fourth-order valence-corrected chi connectivity index (χ4v) is 4.44. The molecule has 0 aromatic carbocycles. The number of carbonyl (C=O) groups is 2. The van der Waals surface area contributed by atoms with E-state index in [1.807, 2.05) is 4.90 Å². The number of hydrogen-bond acceptors (Lipinski definition) is 3. The Balaban J connectivity index is 1.71. The van der Waals surface area contributed by atoms with Crippen LogP contribution < -0.4 is 0 Å². The molecule has 2 heterocycles. The van der Waals surface area contributed by atoms with E-state index in [1.54, 1.807) is 11.3 Å². The molecular formula is C15H19NO3S. The van der Waals surface area contributed by atoms with Gasteiger partial charge in [-0.3, -0.25) is 9.59 Å². The van der Waals surface area contributed by atoms with Crippen molar-refractivity contribution in [2.75, 3.05) is 6.54 Å². The number of aliphatic carboxylic acids is 1. The highest BCUT2D eigenvalue weighted by Gasteiger charge is 2.38. The monoisotopic (exact) mass is 293 g/mol. The van der Waals surface area contributed by atoms with E-state index in [0.29, 0.717) is 12.8 Å². The number of rotatable bonds is 2. The van der Waals surface area contributed by atoms with Crippen molar-refractivity contribution in [3.05, 3.63) is 21.9 Å². The Labute approximate surface area is 122 Å². The van der Waals surface area contributed by atoms with Gasteiger partial charge in [0.05, 0.1) is 12.0 Å². The molecule has 0 bridgehead atoms. The highest BCUT2D eigenvalue weighted by molar-refractivity contribution is 7.10. The van der Waals surface area contributed by atoms with Crippen LogP contribution in [-0.2, 0) is 16.0 Å². The van der Waals surface area contributed by atoms with Gasteiger partial charge >= 0.3 is 5.97 Å². The molecule has 1 N–H and O–H groups in total. The van der Waals surface area contributed by atoms with Crippen molar-refractivity contribution >= 4 is 23.2 Å². The smallest absolute Gasteiger partial charge is 0.306 e. The molecule has 3 rings (SSSR count). The lowest BCUT2D eigenvalue weighted by Gasteiger charge is -2.35. The van der Waals surface area contributed by atoms with Gasteiger partial charge < -0.3 is 10.0 Å². The Hall–Kier alpha value is -1.36. The van der Waals surface area contributed by atoms with E-state index in [2.05, 4.69) is 18.4 Å². The van der Waals surface area contributed by atoms with Gasteiger partial charge in [-0.05, 0) is 49.6 Å². The summed E-state index contributed by atoms with van der Waals surface area (Å²) in [4.78, 5) is 27.0. The molecule has 0 saturated heterocycles. The molecule has 1 aromatic heterocycles. The molecule has 1 amide bonds. The van der Waals surface area contributed by atoms with Crippen molar-refractivity contribution in [2.24, 2.45) is 11.8 Å². The average Bonchev–Trinajstić information content (AvgIpc) is 3.08. The molecule has 5 heteroatoms. The summed E-state index contributed by atoms with van der Waals surface area (Å²) >= 11 is 1.76. The SMILES string of the molecule is CC1c2ccsc2CCN1C(=O)C1CCC(C(=O)O)C1. The largest absolute Gasteiger partial charge is 0.481 e. The van der Waals surface area contributed by atoms with Gasteiger partial charge in [0.1, 0.15) is 0 Å². The van der Waals surface area contributed by atoms with Crippen LogP contribution in [0, 0.1) is 11.8 Å². The summed E-state index contributed by atoms with van der Waals surface area (Å²) in [5, 5.41) is 11.1. The minimum absolute atomic E-state index is 0.0984. The maximum absolute atomic E-state index is 12.6. The quantitative estimate of drug-likeness (QED) is 0.912. The maximum Gasteiger partial charge on any atom is 0.306 e. The maximum atomic E-state index is 12.6. The Morgan fingerprint density at radius 3 is 2.80 bits per heavy atom. The predicted octanol–water partition coefficient (Wildman–Crippen LogP) is 2.69. The van der Waals surface area contributed by atoms with Crippen molar-refractivity contribution < 1.29 is 14.7 Å². The lowest BCUT2D eigenvalue weighted by Crippen LogP contribution is -2.41. The third kappa shape index (κ3) is 2.24. The number of thiophene rings is 1. The second kappa shape index (κ2) is 5.20. The van der Waals surface area contributed by atoms with E-state index in [9.17, 15) is 9.59 Å². The highest BCUT2D eigenvalue weighted by atomic mass is 32.1. The molecule has 0 spiro atoms. The summed E-state index contributed by atoms with van der Waals surface area (Å²) in [6, 6.07) is 2.24. The molecule has 4 nitrogen and oxygen atoms in total. The summed E-state index contributed by atoms with van der Waals surface area (Å²) in [6.45, 7) is 2.84. The van der Waals surface area contributed by atoms with Crippen molar-refractivity contribution in [1.82, 2.24) is 4.90 Å². The summed E-state index contributed by atoms with van der Waals surface area (Å²) in [6.07, 6.45) is 2.79. The molecule has 0 radical (unpaired) electrons. The molecule has 1 fully saturated rings. The first-order chi connectivity index (χ1) is 9.58. The van der Waals surface area contributed by atoms with Gasteiger partial charge in [-0.1, -0.05) is 0 Å². The van der Waals surface area contributed by atoms with Crippen molar-refractivity contribution in [3.63, 3.8) is 0 Å². The summed E-state index contributed by atoms with van der Waals surface area (Å²) in [7, 11) is 0. The van der Waals surface area contributed by atoms with Gasteiger partial charge in [-0.15, -0.1) is 11.3 Å². The van der Waals surface area contributed by atoms with E-state index in [-0.39, 0.29) is 23.8 Å². The summed E-state index contributed by atoms with van der Waals surface area (Å²) in [5.74, 6) is -1.04. The topological polar surface area (TPSA) is 57.6 Å². The van der Waals surface area contributed by atoms with Crippen LogP contribution in [0.3, 0.4) is 0 Å². The first kappa shape index (κ1) is 13.6. The Morgan fingerprint density at radius 1 is 1.35 bits per heavy atom. The van der Waals surface area contributed by atoms with Crippen LogP contribution in [0.2, 0.25) is 0 Å². The Kier molecular flexibility index (Phi) is 3.54. The molecule has 1 saturated carbocycles. The van der Waals surface area contributed by atoms with Crippen LogP contribution in [0.15, 0.2) is 11.4 Å². The Bertz CT molecular complexity index is 539. The van der Waals surface area contributed by atoms with E-state index < -0.39 is 5.97 Å². The zero-order chi connectivity index (χ0) is 14.3. The minimum Gasteiger partial charge on any atom is -0.481 e.